The molecule has 0 unspecified atom stereocenters. The van der Waals surface area contributed by atoms with Gasteiger partial charge in [-0.25, -0.2) is 4.98 Å². The summed E-state index contributed by atoms with van der Waals surface area (Å²) < 4.78 is 11.0. The highest BCUT2D eigenvalue weighted by Gasteiger charge is 2.14. The minimum Gasteiger partial charge on any atom is -0.497 e. The minimum absolute atomic E-state index is 0.0580. The van der Waals surface area contributed by atoms with Crippen molar-refractivity contribution in [2.45, 2.75) is 0 Å². The van der Waals surface area contributed by atoms with E-state index in [0.29, 0.717) is 28.6 Å². The molecule has 2 heterocycles. The third kappa shape index (κ3) is 3.88. The maximum absolute atomic E-state index is 12.1. The van der Waals surface area contributed by atoms with Crippen LogP contribution in [0.15, 0.2) is 65.3 Å². The maximum atomic E-state index is 12.1. The number of amides is 1. The van der Waals surface area contributed by atoms with Crippen molar-refractivity contribution in [1.29, 1.82) is 0 Å². The number of carbonyl (C=O) groups is 1. The molecule has 0 N–H and O–H groups in total. The number of nitrogens with zero attached hydrogens (tertiary/aromatic N) is 5. The first kappa shape index (κ1) is 19.3. The van der Waals surface area contributed by atoms with E-state index in [0.717, 1.165) is 11.1 Å². The lowest BCUT2D eigenvalue weighted by molar-refractivity contribution is 0.0827. The van der Waals surface area contributed by atoms with Crippen molar-refractivity contribution in [3.8, 4) is 40.0 Å². The summed E-state index contributed by atoms with van der Waals surface area (Å²) in [5.74, 6) is 1.27. The van der Waals surface area contributed by atoms with E-state index >= 15 is 0 Å². The average molecular weight is 401 g/mol. The molecular formula is C22H19N5O3. The second-order valence-corrected chi connectivity index (χ2v) is 6.71. The Balaban J connectivity index is 1.61. The van der Waals surface area contributed by atoms with Gasteiger partial charge in [0.1, 0.15) is 11.4 Å². The molecule has 0 radical (unpaired) electrons. The lowest BCUT2D eigenvalue weighted by Crippen LogP contribution is -2.21. The second-order valence-electron chi connectivity index (χ2n) is 6.71. The zero-order valence-corrected chi connectivity index (χ0v) is 16.7. The van der Waals surface area contributed by atoms with E-state index in [9.17, 15) is 4.79 Å². The first-order valence-electron chi connectivity index (χ1n) is 9.17. The van der Waals surface area contributed by atoms with Crippen LogP contribution in [0.25, 0.3) is 34.3 Å². The number of rotatable bonds is 5. The van der Waals surface area contributed by atoms with Crippen molar-refractivity contribution in [3.63, 3.8) is 0 Å². The molecule has 0 saturated carbocycles. The molecule has 0 bridgehead atoms. The van der Waals surface area contributed by atoms with Crippen molar-refractivity contribution in [1.82, 2.24) is 25.1 Å². The summed E-state index contributed by atoms with van der Waals surface area (Å²) in [5, 5.41) is 8.21. The van der Waals surface area contributed by atoms with E-state index in [1.807, 2.05) is 36.4 Å². The summed E-state index contributed by atoms with van der Waals surface area (Å²) in [6.45, 7) is 0. The molecule has 4 rings (SSSR count). The van der Waals surface area contributed by atoms with Crippen molar-refractivity contribution in [2.75, 3.05) is 21.2 Å². The first-order chi connectivity index (χ1) is 14.5. The van der Waals surface area contributed by atoms with Gasteiger partial charge in [-0.3, -0.25) is 9.78 Å². The van der Waals surface area contributed by atoms with Gasteiger partial charge < -0.3 is 14.1 Å². The molecule has 0 saturated heterocycles. The molecule has 150 valence electrons. The van der Waals surface area contributed by atoms with Crippen LogP contribution in [-0.4, -0.2) is 52.2 Å². The van der Waals surface area contributed by atoms with Crippen molar-refractivity contribution < 1.29 is 13.9 Å². The molecule has 0 aliphatic carbocycles. The predicted octanol–water partition coefficient (Wildman–Crippen LogP) is 3.57. The van der Waals surface area contributed by atoms with E-state index in [2.05, 4.69) is 20.2 Å². The largest absolute Gasteiger partial charge is 0.497 e. The monoisotopic (exact) mass is 401 g/mol. The molecule has 2 aromatic heterocycles. The molecule has 2 aromatic carbocycles. The Bertz CT molecular complexity index is 1190. The number of methoxy groups -OCH3 is 1. The van der Waals surface area contributed by atoms with E-state index in [1.165, 1.54) is 4.90 Å². The van der Waals surface area contributed by atoms with E-state index in [4.69, 9.17) is 9.15 Å². The maximum Gasteiger partial charge on any atom is 0.268 e. The van der Waals surface area contributed by atoms with Crippen LogP contribution in [-0.2, 0) is 0 Å². The third-order valence-electron chi connectivity index (χ3n) is 4.43. The molecule has 1 amide bonds. The van der Waals surface area contributed by atoms with Gasteiger partial charge in [-0.1, -0.05) is 18.2 Å². The topological polar surface area (TPSA) is 94.2 Å². The summed E-state index contributed by atoms with van der Waals surface area (Å²) >= 11 is 0. The number of aromatic nitrogens is 4. The van der Waals surface area contributed by atoms with Crippen LogP contribution < -0.4 is 4.74 Å². The fourth-order valence-corrected chi connectivity index (χ4v) is 2.85. The number of hydrogen-bond acceptors (Lipinski definition) is 7. The molecule has 8 nitrogen and oxygen atoms in total. The number of hydrogen-bond donors (Lipinski definition) is 0. The van der Waals surface area contributed by atoms with Gasteiger partial charge in [-0.05, 0) is 30.3 Å². The van der Waals surface area contributed by atoms with Gasteiger partial charge in [0, 0.05) is 30.8 Å². The Morgan fingerprint density at radius 2 is 1.67 bits per heavy atom. The van der Waals surface area contributed by atoms with Crippen molar-refractivity contribution in [2.24, 2.45) is 0 Å². The average Bonchev–Trinajstić information content (AvgIpc) is 3.29. The summed E-state index contributed by atoms with van der Waals surface area (Å²) in [4.78, 5) is 22.4. The molecule has 30 heavy (non-hydrogen) atoms. The number of carbonyl (C=O) groups excluding carboxylic acids is 1. The summed E-state index contributed by atoms with van der Waals surface area (Å²) in [6, 6.07) is 14.6. The molecule has 8 heteroatoms. The van der Waals surface area contributed by atoms with Crippen LogP contribution in [0.5, 0.6) is 5.75 Å². The minimum atomic E-state index is -0.0580. The van der Waals surface area contributed by atoms with Crippen molar-refractivity contribution >= 4 is 5.91 Å². The Kier molecular flexibility index (Phi) is 5.21. The lowest BCUT2D eigenvalue weighted by atomic mass is 10.1. The molecular weight excluding hydrogens is 382 g/mol. The van der Waals surface area contributed by atoms with Gasteiger partial charge in [0.05, 0.1) is 25.2 Å². The zero-order valence-electron chi connectivity index (χ0n) is 16.7. The molecule has 0 fully saturated rings. The first-order valence-corrected chi connectivity index (χ1v) is 9.17. The summed E-state index contributed by atoms with van der Waals surface area (Å²) in [6.07, 6.45) is 3.21. The molecule has 0 aliphatic heterocycles. The summed E-state index contributed by atoms with van der Waals surface area (Å²) in [5.41, 5.74) is 3.28. The van der Waals surface area contributed by atoms with Gasteiger partial charge in [0.25, 0.3) is 11.8 Å². The molecule has 0 spiro atoms. The normalized spacial score (nSPS) is 10.6. The van der Waals surface area contributed by atoms with Crippen LogP contribution in [0.2, 0.25) is 0 Å². The summed E-state index contributed by atoms with van der Waals surface area (Å²) in [7, 11) is 5.03. The van der Waals surface area contributed by atoms with E-state index in [1.54, 1.807) is 45.7 Å². The fourth-order valence-electron chi connectivity index (χ4n) is 2.85. The Morgan fingerprint density at radius 1 is 0.933 bits per heavy atom. The van der Waals surface area contributed by atoms with Crippen molar-refractivity contribution in [3.05, 3.63) is 66.5 Å². The number of benzene rings is 2. The SMILES string of the molecule is COc1cccc(-c2nnc(-c3cncc(-c4ccc(C(=O)N(C)C)cc4)n3)o2)c1. The molecule has 4 aromatic rings. The van der Waals surface area contributed by atoms with Crippen LogP contribution >= 0.6 is 0 Å². The lowest BCUT2D eigenvalue weighted by Gasteiger charge is -2.10. The third-order valence-corrected chi connectivity index (χ3v) is 4.43. The van der Waals surface area contributed by atoms with Crippen LogP contribution in [0.4, 0.5) is 0 Å². The van der Waals surface area contributed by atoms with Gasteiger partial charge in [-0.15, -0.1) is 10.2 Å². The van der Waals surface area contributed by atoms with Crippen LogP contribution in [0.1, 0.15) is 10.4 Å². The highest BCUT2D eigenvalue weighted by atomic mass is 16.5. The quantitative estimate of drug-likeness (QED) is 0.504. The standard InChI is InChI=1S/C22H19N5O3/c1-27(2)22(28)15-9-7-14(8-10-15)18-12-23-13-19(24-18)21-26-25-20(30-21)16-5-4-6-17(11-16)29-3/h4-13H,1-3H3. The van der Waals surface area contributed by atoms with Gasteiger partial charge in [0.15, 0.2) is 0 Å². The van der Waals surface area contributed by atoms with E-state index in [-0.39, 0.29) is 11.8 Å². The smallest absolute Gasteiger partial charge is 0.268 e. The zero-order chi connectivity index (χ0) is 21.1. The highest BCUT2D eigenvalue weighted by molar-refractivity contribution is 5.94. The molecule has 0 atom stereocenters. The Hall–Kier alpha value is -4.07. The van der Waals surface area contributed by atoms with Crippen LogP contribution in [0, 0.1) is 0 Å². The Labute approximate surface area is 173 Å². The molecule has 0 aliphatic rings. The van der Waals surface area contributed by atoms with Gasteiger partial charge in [0.2, 0.25) is 5.89 Å². The van der Waals surface area contributed by atoms with Gasteiger partial charge in [-0.2, -0.15) is 0 Å². The van der Waals surface area contributed by atoms with Gasteiger partial charge >= 0.3 is 0 Å². The number of ether oxygens (including phenoxy) is 1. The fraction of sp³-hybridized carbons (Fsp3) is 0.136. The van der Waals surface area contributed by atoms with E-state index < -0.39 is 0 Å². The highest BCUT2D eigenvalue weighted by Crippen LogP contribution is 2.26. The Morgan fingerprint density at radius 3 is 2.40 bits per heavy atom. The predicted molar refractivity (Wildman–Crippen MR) is 111 cm³/mol. The second kappa shape index (κ2) is 8.12. The van der Waals surface area contributed by atoms with Crippen LogP contribution in [0.3, 0.4) is 0 Å².